The van der Waals surface area contributed by atoms with Crippen LogP contribution in [-0.2, 0) is 10.8 Å². The molecule has 0 aliphatic heterocycles. The summed E-state index contributed by atoms with van der Waals surface area (Å²) >= 11 is 0. The van der Waals surface area contributed by atoms with E-state index in [1.54, 1.807) is 6.07 Å². The summed E-state index contributed by atoms with van der Waals surface area (Å²) in [6.45, 7) is 1.89. The van der Waals surface area contributed by atoms with Crippen LogP contribution in [0.2, 0.25) is 0 Å². The zero-order valence-electron chi connectivity index (χ0n) is 21.7. The van der Waals surface area contributed by atoms with Crippen LogP contribution in [0.15, 0.2) is 112 Å². The number of hydrogen-bond donors (Lipinski definition) is 3. The van der Waals surface area contributed by atoms with Gasteiger partial charge in [0.05, 0.1) is 0 Å². The van der Waals surface area contributed by atoms with E-state index in [0.717, 1.165) is 28.4 Å². The van der Waals surface area contributed by atoms with Crippen LogP contribution in [0.4, 0.5) is 16.3 Å². The lowest BCUT2D eigenvalue weighted by Crippen LogP contribution is -2.00. The van der Waals surface area contributed by atoms with E-state index in [9.17, 15) is 4.21 Å². The molecule has 1 aliphatic carbocycles. The molecule has 0 radical (unpaired) electrons. The normalized spacial score (nSPS) is 13.1. The molecule has 0 saturated heterocycles. The Labute approximate surface area is 233 Å². The number of benzene rings is 3. The van der Waals surface area contributed by atoms with Gasteiger partial charge in [-0.2, -0.15) is 0 Å². The Bertz CT molecular complexity index is 1630. The first kappa shape index (κ1) is 26.8. The predicted octanol–water partition coefficient (Wildman–Crippen LogP) is 7.72. The highest BCUT2D eigenvalue weighted by Gasteiger charge is 2.23. The second-order valence-electron chi connectivity index (χ2n) is 9.30. The second kappa shape index (κ2) is 12.0. The van der Waals surface area contributed by atoms with E-state index < -0.39 is 17.0 Å². The summed E-state index contributed by atoms with van der Waals surface area (Å²) in [5.74, 6) is 1.98. The molecule has 2 aromatic heterocycles. The number of carbonyl (C=O) groups is 1. The fourth-order valence-electron chi connectivity index (χ4n) is 4.27. The van der Waals surface area contributed by atoms with Gasteiger partial charge in [-0.1, -0.05) is 78.0 Å². The van der Waals surface area contributed by atoms with E-state index in [4.69, 9.17) is 19.5 Å². The number of anilines is 2. The topological polar surface area (TPSA) is 126 Å². The molecule has 3 aromatic carbocycles. The molecule has 0 spiro atoms. The summed E-state index contributed by atoms with van der Waals surface area (Å²) in [7, 11) is -1.36. The van der Waals surface area contributed by atoms with Crippen LogP contribution in [0.3, 0.4) is 0 Å². The summed E-state index contributed by atoms with van der Waals surface area (Å²) in [4.78, 5) is 13.9. The van der Waals surface area contributed by atoms with Crippen molar-refractivity contribution >= 4 is 28.5 Å². The summed E-state index contributed by atoms with van der Waals surface area (Å²) in [6, 6.07) is 32.0. The molecule has 5 aromatic rings. The maximum absolute atomic E-state index is 13.0. The summed E-state index contributed by atoms with van der Waals surface area (Å²) in [5.41, 5.74) is 6.18. The summed E-state index contributed by atoms with van der Waals surface area (Å²) in [6.07, 6.45) is 0.789. The Morgan fingerprint density at radius 3 is 2.08 bits per heavy atom. The molecular formula is C31H27N3O5S. The van der Waals surface area contributed by atoms with Crippen molar-refractivity contribution in [3.63, 3.8) is 0 Å². The fourth-order valence-corrected chi connectivity index (χ4v) is 5.30. The van der Waals surface area contributed by atoms with Gasteiger partial charge in [0.25, 0.3) is 0 Å². The Morgan fingerprint density at radius 2 is 1.45 bits per heavy atom. The first-order valence-corrected chi connectivity index (χ1v) is 13.8. The first-order chi connectivity index (χ1) is 19.4. The minimum Gasteiger partial charge on any atom is -0.450 e. The van der Waals surface area contributed by atoms with Crippen molar-refractivity contribution in [1.29, 1.82) is 0 Å². The van der Waals surface area contributed by atoms with Crippen LogP contribution in [-0.4, -0.2) is 30.7 Å². The molecule has 40 heavy (non-hydrogen) atoms. The Morgan fingerprint density at radius 1 is 0.850 bits per heavy atom. The first-order valence-electron chi connectivity index (χ1n) is 12.7. The zero-order valence-corrected chi connectivity index (χ0v) is 22.5. The molecule has 0 amide bonds. The zero-order chi connectivity index (χ0) is 28.1. The van der Waals surface area contributed by atoms with Crippen molar-refractivity contribution in [1.82, 2.24) is 10.1 Å². The third-order valence-electron chi connectivity index (χ3n) is 6.43. The van der Waals surface area contributed by atoms with E-state index in [1.165, 1.54) is 24.0 Å². The van der Waals surface area contributed by atoms with Gasteiger partial charge in [-0.3, -0.25) is 0 Å². The monoisotopic (exact) mass is 553 g/mol. The highest BCUT2D eigenvalue weighted by atomic mass is 32.2. The van der Waals surface area contributed by atoms with Gasteiger partial charge in [0.2, 0.25) is 0 Å². The van der Waals surface area contributed by atoms with Crippen molar-refractivity contribution in [3.8, 4) is 22.5 Å². The van der Waals surface area contributed by atoms with E-state index >= 15 is 0 Å². The molecule has 8 nitrogen and oxygen atoms in total. The number of pyridine rings is 1. The smallest absolute Gasteiger partial charge is 0.450 e. The quantitative estimate of drug-likeness (QED) is 0.187. The largest absolute Gasteiger partial charge is 0.503 e. The average Bonchev–Trinajstić information content (AvgIpc) is 3.77. The van der Waals surface area contributed by atoms with Crippen LogP contribution in [0, 0.1) is 6.92 Å². The van der Waals surface area contributed by atoms with Gasteiger partial charge < -0.3 is 20.1 Å². The molecule has 202 valence electrons. The highest BCUT2D eigenvalue weighted by molar-refractivity contribution is 7.85. The Hall–Kier alpha value is -4.76. The van der Waals surface area contributed by atoms with Gasteiger partial charge >= 0.3 is 6.16 Å². The number of nitrogens with zero attached hydrogens (tertiary/aromatic N) is 2. The number of nitrogens with one attached hydrogen (secondary N) is 1. The summed E-state index contributed by atoms with van der Waals surface area (Å²) in [5, 5.41) is 21.9. The maximum Gasteiger partial charge on any atom is 0.503 e. The van der Waals surface area contributed by atoms with Gasteiger partial charge in [-0.15, -0.1) is 0 Å². The van der Waals surface area contributed by atoms with Crippen molar-refractivity contribution in [2.75, 3.05) is 5.32 Å². The lowest BCUT2D eigenvalue weighted by atomic mass is 10.0. The molecular weight excluding hydrogens is 526 g/mol. The van der Waals surface area contributed by atoms with Crippen LogP contribution >= 0.6 is 0 Å². The number of hydrogen-bond acceptors (Lipinski definition) is 6. The van der Waals surface area contributed by atoms with Gasteiger partial charge in [-0.25, -0.2) is 14.0 Å². The third kappa shape index (κ3) is 6.44. The predicted molar refractivity (Wildman–Crippen MR) is 153 cm³/mol. The van der Waals surface area contributed by atoms with Crippen LogP contribution in [0.1, 0.15) is 30.0 Å². The van der Waals surface area contributed by atoms with Gasteiger partial charge in [0.1, 0.15) is 33.0 Å². The summed E-state index contributed by atoms with van der Waals surface area (Å²) < 4.78 is 18.6. The van der Waals surface area contributed by atoms with Crippen molar-refractivity contribution in [2.24, 2.45) is 0 Å². The van der Waals surface area contributed by atoms with Crippen LogP contribution < -0.4 is 5.32 Å². The highest BCUT2D eigenvalue weighted by Crippen LogP contribution is 2.40. The number of carboxylic acid groups (broad SMARTS) is 2. The number of aromatic nitrogens is 2. The Kier molecular flexibility index (Phi) is 8.02. The third-order valence-corrected chi connectivity index (χ3v) is 7.73. The molecule has 9 heteroatoms. The lowest BCUT2D eigenvalue weighted by molar-refractivity contribution is 0.137. The van der Waals surface area contributed by atoms with Crippen LogP contribution in [0.25, 0.3) is 22.5 Å². The molecule has 6 rings (SSSR count). The van der Waals surface area contributed by atoms with Crippen molar-refractivity contribution in [3.05, 3.63) is 108 Å². The minimum atomic E-state index is -1.83. The second-order valence-corrected chi connectivity index (χ2v) is 10.7. The molecule has 1 fully saturated rings. The molecule has 1 aliphatic rings. The molecule has 1 unspecified atom stereocenters. The van der Waals surface area contributed by atoms with E-state index in [1.807, 2.05) is 61.5 Å². The van der Waals surface area contributed by atoms with Gasteiger partial charge in [0, 0.05) is 10.5 Å². The van der Waals surface area contributed by atoms with E-state index in [0.29, 0.717) is 21.5 Å². The van der Waals surface area contributed by atoms with Crippen molar-refractivity contribution < 1.29 is 23.7 Å². The SMILES string of the molecule is Cc1noc(-c2ccc(-c3ccc(C4CC4)cc3)cc2)c1Nc1cccc(S(=O)c2ccccc2)n1.O=C(O)O. The van der Waals surface area contributed by atoms with Gasteiger partial charge in [-0.05, 0) is 66.6 Å². The molecule has 2 heterocycles. The van der Waals surface area contributed by atoms with Crippen molar-refractivity contribution in [2.45, 2.75) is 35.6 Å². The van der Waals surface area contributed by atoms with Gasteiger partial charge in [0.15, 0.2) is 5.76 Å². The molecule has 1 saturated carbocycles. The Balaban J connectivity index is 0.000000758. The number of rotatable bonds is 7. The standard InChI is InChI=1S/C30H25N3O2S.CH2O3/c1-20-29(32-27-8-5-9-28(31-27)36(34)26-6-3-2-4-7-26)30(35-33-20)25-18-16-24(17-19-25)23-14-12-22(13-15-23)21-10-11-21;2-1(3)4/h2-9,12-19,21H,10-11H2,1H3,(H,31,32);(H2,2,3,4). The maximum atomic E-state index is 13.0. The van der Waals surface area contributed by atoms with E-state index in [-0.39, 0.29) is 0 Å². The molecule has 3 N–H and O–H groups in total. The number of aryl methyl sites for hydroxylation is 1. The lowest BCUT2D eigenvalue weighted by Gasteiger charge is -2.09. The minimum absolute atomic E-state index is 0.485. The van der Waals surface area contributed by atoms with E-state index in [2.05, 4.69) is 51.9 Å². The molecule has 0 bridgehead atoms. The fraction of sp³-hybridized carbons (Fsp3) is 0.129. The molecule has 1 atom stereocenters. The average molecular weight is 554 g/mol. The van der Waals surface area contributed by atoms with Crippen LogP contribution in [0.5, 0.6) is 0 Å².